The molecular formula is C11H16ClN5. The highest BCUT2D eigenvalue weighted by atomic mass is 35.5. The fourth-order valence-corrected chi connectivity index (χ4v) is 2.37. The van der Waals surface area contributed by atoms with Gasteiger partial charge in [-0.2, -0.15) is 4.98 Å². The molecule has 1 heterocycles. The average molecular weight is 254 g/mol. The molecule has 0 atom stereocenters. The minimum atomic E-state index is 0.391. The molecule has 92 valence electrons. The molecule has 4 N–H and O–H groups in total. The van der Waals surface area contributed by atoms with Crippen molar-refractivity contribution in [3.05, 3.63) is 11.2 Å². The zero-order valence-electron chi connectivity index (χ0n) is 9.49. The quantitative estimate of drug-likeness (QED) is 0.553. The molecule has 2 aliphatic rings. The Kier molecular flexibility index (Phi) is 2.80. The standard InChI is InChI=1S/C11H16ClN5/c12-8-5-14-11(17-13)16-10(8)15-9(6-1-2-6)7-3-4-7/h5-7,9H,1-4,13H2,(H2,14,15,16,17). The van der Waals surface area contributed by atoms with Crippen LogP contribution in [0, 0.1) is 11.8 Å². The number of halogens is 1. The Bertz CT molecular complexity index is 404. The maximum absolute atomic E-state index is 6.09. The number of hydrogen-bond acceptors (Lipinski definition) is 5. The van der Waals surface area contributed by atoms with E-state index in [1.807, 2.05) is 0 Å². The fourth-order valence-electron chi connectivity index (χ4n) is 2.23. The molecule has 1 aromatic rings. The lowest BCUT2D eigenvalue weighted by Crippen LogP contribution is -2.25. The van der Waals surface area contributed by atoms with Crippen LogP contribution in [0.15, 0.2) is 6.20 Å². The first-order valence-corrected chi connectivity index (χ1v) is 6.41. The molecule has 0 radical (unpaired) electrons. The van der Waals surface area contributed by atoms with Gasteiger partial charge in [0.1, 0.15) is 5.02 Å². The van der Waals surface area contributed by atoms with Crippen molar-refractivity contribution in [2.75, 3.05) is 10.7 Å². The second kappa shape index (κ2) is 4.31. The van der Waals surface area contributed by atoms with Gasteiger partial charge in [0.05, 0.1) is 6.20 Å². The van der Waals surface area contributed by atoms with Crippen molar-refractivity contribution in [1.82, 2.24) is 9.97 Å². The number of rotatable bonds is 5. The van der Waals surface area contributed by atoms with Gasteiger partial charge in [0.25, 0.3) is 0 Å². The zero-order chi connectivity index (χ0) is 11.8. The third kappa shape index (κ3) is 2.45. The Morgan fingerprint density at radius 1 is 1.29 bits per heavy atom. The normalized spacial score (nSPS) is 19.5. The van der Waals surface area contributed by atoms with Crippen molar-refractivity contribution in [2.24, 2.45) is 17.7 Å². The molecule has 0 unspecified atom stereocenters. The Morgan fingerprint density at radius 2 is 1.94 bits per heavy atom. The van der Waals surface area contributed by atoms with Gasteiger partial charge >= 0.3 is 0 Å². The second-order valence-corrected chi connectivity index (χ2v) is 5.29. The van der Waals surface area contributed by atoms with Gasteiger partial charge in [-0.3, -0.25) is 5.43 Å². The smallest absolute Gasteiger partial charge is 0.239 e. The van der Waals surface area contributed by atoms with Crippen molar-refractivity contribution >= 4 is 23.4 Å². The third-order valence-corrected chi connectivity index (χ3v) is 3.71. The first kappa shape index (κ1) is 11.0. The molecule has 2 saturated carbocycles. The average Bonchev–Trinajstić information content (AvgIpc) is 3.19. The third-order valence-electron chi connectivity index (χ3n) is 3.44. The van der Waals surface area contributed by atoms with E-state index in [9.17, 15) is 0 Å². The van der Waals surface area contributed by atoms with Crippen LogP contribution in [0.25, 0.3) is 0 Å². The van der Waals surface area contributed by atoms with Crippen LogP contribution >= 0.6 is 11.6 Å². The Morgan fingerprint density at radius 3 is 2.47 bits per heavy atom. The lowest BCUT2D eigenvalue weighted by Gasteiger charge is -2.19. The topological polar surface area (TPSA) is 75.9 Å². The van der Waals surface area contributed by atoms with Gasteiger partial charge in [-0.25, -0.2) is 10.8 Å². The van der Waals surface area contributed by atoms with E-state index in [0.717, 1.165) is 11.8 Å². The van der Waals surface area contributed by atoms with Crippen molar-refractivity contribution < 1.29 is 0 Å². The summed E-state index contributed by atoms with van der Waals surface area (Å²) >= 11 is 6.09. The summed E-state index contributed by atoms with van der Waals surface area (Å²) in [6.45, 7) is 0. The molecule has 0 aliphatic heterocycles. The van der Waals surface area contributed by atoms with E-state index >= 15 is 0 Å². The van der Waals surface area contributed by atoms with E-state index in [4.69, 9.17) is 17.4 Å². The maximum atomic E-state index is 6.09. The van der Waals surface area contributed by atoms with Crippen LogP contribution in [0.5, 0.6) is 0 Å². The number of hydrazine groups is 1. The molecule has 5 nitrogen and oxygen atoms in total. The highest BCUT2D eigenvalue weighted by Crippen LogP contribution is 2.46. The van der Waals surface area contributed by atoms with Crippen LogP contribution in [-0.4, -0.2) is 16.0 Å². The molecule has 2 fully saturated rings. The van der Waals surface area contributed by atoms with Gasteiger partial charge in [0.2, 0.25) is 5.95 Å². The summed E-state index contributed by atoms with van der Waals surface area (Å²) in [5, 5.41) is 4.02. The van der Waals surface area contributed by atoms with Gasteiger partial charge in [-0.1, -0.05) is 11.6 Å². The number of aromatic nitrogens is 2. The molecule has 0 spiro atoms. The van der Waals surface area contributed by atoms with Crippen LogP contribution in [0.4, 0.5) is 11.8 Å². The van der Waals surface area contributed by atoms with Gasteiger partial charge in [0, 0.05) is 6.04 Å². The molecule has 0 amide bonds. The van der Waals surface area contributed by atoms with Gasteiger partial charge in [0.15, 0.2) is 5.82 Å². The molecule has 2 aliphatic carbocycles. The summed E-state index contributed by atoms with van der Waals surface area (Å²) in [5.41, 5.74) is 2.44. The Hall–Kier alpha value is -1.07. The summed E-state index contributed by atoms with van der Waals surface area (Å²) in [6.07, 6.45) is 6.85. The first-order valence-electron chi connectivity index (χ1n) is 6.03. The van der Waals surface area contributed by atoms with Crippen molar-refractivity contribution in [3.8, 4) is 0 Å². The summed E-state index contributed by atoms with van der Waals surface area (Å²) in [7, 11) is 0. The summed E-state index contributed by atoms with van der Waals surface area (Å²) in [5.74, 6) is 7.97. The van der Waals surface area contributed by atoms with E-state index in [1.165, 1.54) is 25.7 Å². The summed E-state index contributed by atoms with van der Waals surface area (Å²) in [6, 6.07) is 0.521. The molecule has 17 heavy (non-hydrogen) atoms. The number of nitrogen functional groups attached to an aromatic ring is 1. The van der Waals surface area contributed by atoms with Gasteiger partial charge < -0.3 is 5.32 Å². The minimum absolute atomic E-state index is 0.391. The highest BCUT2D eigenvalue weighted by Gasteiger charge is 2.41. The van der Waals surface area contributed by atoms with Crippen molar-refractivity contribution in [1.29, 1.82) is 0 Å². The molecule has 0 aromatic carbocycles. The number of hydrogen-bond donors (Lipinski definition) is 3. The molecule has 0 bridgehead atoms. The SMILES string of the molecule is NNc1ncc(Cl)c(NC(C2CC2)C2CC2)n1. The van der Waals surface area contributed by atoms with Crippen molar-refractivity contribution in [3.63, 3.8) is 0 Å². The number of nitrogens with zero attached hydrogens (tertiary/aromatic N) is 2. The predicted octanol–water partition coefficient (Wildman–Crippen LogP) is 2.02. The molecular weight excluding hydrogens is 238 g/mol. The monoisotopic (exact) mass is 253 g/mol. The van der Waals surface area contributed by atoms with Crippen LogP contribution in [-0.2, 0) is 0 Å². The molecule has 0 saturated heterocycles. The Labute approximate surface area is 105 Å². The van der Waals surface area contributed by atoms with Crippen LogP contribution < -0.4 is 16.6 Å². The predicted molar refractivity (Wildman–Crippen MR) is 67.7 cm³/mol. The van der Waals surface area contributed by atoms with Crippen molar-refractivity contribution in [2.45, 2.75) is 31.7 Å². The largest absolute Gasteiger partial charge is 0.365 e. The number of nitrogens with two attached hydrogens (primary N) is 1. The van der Waals surface area contributed by atoms with Crippen LogP contribution in [0.1, 0.15) is 25.7 Å². The van der Waals surface area contributed by atoms with E-state index in [2.05, 4.69) is 20.7 Å². The number of anilines is 2. The Balaban J connectivity index is 1.77. The van der Waals surface area contributed by atoms with E-state index in [1.54, 1.807) is 6.20 Å². The lowest BCUT2D eigenvalue weighted by atomic mass is 10.1. The van der Waals surface area contributed by atoms with E-state index < -0.39 is 0 Å². The second-order valence-electron chi connectivity index (χ2n) is 4.88. The summed E-state index contributed by atoms with van der Waals surface area (Å²) < 4.78 is 0. The van der Waals surface area contributed by atoms with E-state index in [0.29, 0.717) is 22.8 Å². The van der Waals surface area contributed by atoms with E-state index in [-0.39, 0.29) is 0 Å². The van der Waals surface area contributed by atoms with Crippen LogP contribution in [0.2, 0.25) is 5.02 Å². The number of nitrogens with one attached hydrogen (secondary N) is 2. The lowest BCUT2D eigenvalue weighted by molar-refractivity contribution is 0.565. The maximum Gasteiger partial charge on any atom is 0.239 e. The van der Waals surface area contributed by atoms with Crippen LogP contribution in [0.3, 0.4) is 0 Å². The first-order chi connectivity index (χ1) is 8.28. The molecule has 6 heteroatoms. The zero-order valence-corrected chi connectivity index (χ0v) is 10.2. The molecule has 1 aromatic heterocycles. The fraction of sp³-hybridized carbons (Fsp3) is 0.636. The van der Waals surface area contributed by atoms with Gasteiger partial charge in [-0.05, 0) is 37.5 Å². The minimum Gasteiger partial charge on any atom is -0.365 e. The van der Waals surface area contributed by atoms with Gasteiger partial charge in [-0.15, -0.1) is 0 Å². The highest BCUT2D eigenvalue weighted by molar-refractivity contribution is 6.32. The summed E-state index contributed by atoms with van der Waals surface area (Å²) in [4.78, 5) is 8.23. The molecule has 3 rings (SSSR count).